The smallest absolute Gasteiger partial charge is 0.287 e. The Morgan fingerprint density at radius 2 is 1.71 bits per heavy atom. The van der Waals surface area contributed by atoms with Gasteiger partial charge in [-0.25, -0.2) is 5.43 Å². The highest BCUT2D eigenvalue weighted by atomic mass is 35.5. The number of carbonyl (C=O) groups excluding carboxylic acids is 2. The standard InChI is InChI=1S/C26H26ClN5O2/c1-3-32(4-2)21-14-12-19(13-15-21)17-24(30-25(33)22-10-5-6-11-23(22)27)26(34)31-29-18-20-9-7-8-16-28-20/h5-18H,3-4H2,1-2H3,(H,30,33)(H,31,34)/b24-17-,29-18?. The summed E-state index contributed by atoms with van der Waals surface area (Å²) in [6.07, 6.45) is 4.64. The van der Waals surface area contributed by atoms with Crippen molar-refractivity contribution < 1.29 is 9.59 Å². The van der Waals surface area contributed by atoms with E-state index < -0.39 is 11.8 Å². The number of carbonyl (C=O) groups is 2. The van der Waals surface area contributed by atoms with Crippen LogP contribution in [0.25, 0.3) is 6.08 Å². The topological polar surface area (TPSA) is 86.7 Å². The summed E-state index contributed by atoms with van der Waals surface area (Å²) in [5.74, 6) is -1.08. The molecule has 3 aromatic rings. The molecular formula is C26H26ClN5O2. The van der Waals surface area contributed by atoms with Gasteiger partial charge in [0.2, 0.25) is 0 Å². The number of hydrogen-bond acceptors (Lipinski definition) is 5. The van der Waals surface area contributed by atoms with E-state index >= 15 is 0 Å². The second-order valence-corrected chi connectivity index (χ2v) is 7.62. The van der Waals surface area contributed by atoms with Crippen LogP contribution >= 0.6 is 11.6 Å². The predicted octanol–water partition coefficient (Wildman–Crippen LogP) is 4.50. The van der Waals surface area contributed by atoms with E-state index in [1.54, 1.807) is 48.7 Å². The van der Waals surface area contributed by atoms with Gasteiger partial charge in [-0.2, -0.15) is 5.10 Å². The summed E-state index contributed by atoms with van der Waals surface area (Å²) >= 11 is 6.15. The molecule has 3 rings (SSSR count). The van der Waals surface area contributed by atoms with Gasteiger partial charge in [-0.05, 0) is 61.9 Å². The van der Waals surface area contributed by atoms with Crippen molar-refractivity contribution in [2.24, 2.45) is 5.10 Å². The number of anilines is 1. The van der Waals surface area contributed by atoms with E-state index in [1.165, 1.54) is 6.21 Å². The maximum Gasteiger partial charge on any atom is 0.287 e. The lowest BCUT2D eigenvalue weighted by molar-refractivity contribution is -0.117. The first-order valence-corrected chi connectivity index (χ1v) is 11.3. The van der Waals surface area contributed by atoms with Crippen molar-refractivity contribution in [1.29, 1.82) is 0 Å². The Labute approximate surface area is 204 Å². The van der Waals surface area contributed by atoms with Crippen molar-refractivity contribution in [3.05, 3.63) is 100 Å². The Hall–Kier alpha value is -3.97. The van der Waals surface area contributed by atoms with E-state index in [1.807, 2.05) is 30.3 Å². The molecule has 0 fully saturated rings. The molecule has 1 heterocycles. The Kier molecular flexibility index (Phi) is 8.94. The maximum atomic E-state index is 12.9. The van der Waals surface area contributed by atoms with Crippen molar-refractivity contribution >= 4 is 41.4 Å². The van der Waals surface area contributed by atoms with E-state index in [0.29, 0.717) is 5.69 Å². The normalized spacial score (nSPS) is 11.3. The molecule has 0 unspecified atom stereocenters. The molecule has 0 aliphatic carbocycles. The van der Waals surface area contributed by atoms with E-state index in [2.05, 4.69) is 39.6 Å². The van der Waals surface area contributed by atoms with Gasteiger partial charge < -0.3 is 10.2 Å². The first-order valence-electron chi connectivity index (χ1n) is 10.9. The van der Waals surface area contributed by atoms with Crippen molar-refractivity contribution in [3.8, 4) is 0 Å². The molecule has 1 aromatic heterocycles. The number of amides is 2. The van der Waals surface area contributed by atoms with E-state index in [9.17, 15) is 9.59 Å². The minimum absolute atomic E-state index is 0.0266. The van der Waals surface area contributed by atoms with Gasteiger partial charge in [0, 0.05) is 25.0 Å². The molecule has 8 heteroatoms. The number of nitrogens with one attached hydrogen (secondary N) is 2. The molecule has 34 heavy (non-hydrogen) atoms. The zero-order valence-electron chi connectivity index (χ0n) is 19.0. The predicted molar refractivity (Wildman–Crippen MR) is 137 cm³/mol. The summed E-state index contributed by atoms with van der Waals surface area (Å²) in [7, 11) is 0. The minimum atomic E-state index is -0.583. The van der Waals surface area contributed by atoms with Crippen LogP contribution in [0.4, 0.5) is 5.69 Å². The Bertz CT molecular complexity index is 1170. The molecule has 174 valence electrons. The Morgan fingerprint density at radius 3 is 2.35 bits per heavy atom. The first-order chi connectivity index (χ1) is 16.5. The molecule has 0 saturated heterocycles. The lowest BCUT2D eigenvalue weighted by Gasteiger charge is -2.21. The van der Waals surface area contributed by atoms with Gasteiger partial charge in [0.25, 0.3) is 11.8 Å². The number of hydrazone groups is 1. The van der Waals surface area contributed by atoms with Gasteiger partial charge in [0.15, 0.2) is 0 Å². The molecule has 0 saturated carbocycles. The first kappa shape index (κ1) is 24.7. The number of benzene rings is 2. The summed E-state index contributed by atoms with van der Waals surface area (Å²) < 4.78 is 0. The molecule has 7 nitrogen and oxygen atoms in total. The highest BCUT2D eigenvalue weighted by Crippen LogP contribution is 2.18. The Balaban J connectivity index is 1.84. The minimum Gasteiger partial charge on any atom is -0.372 e. The van der Waals surface area contributed by atoms with Crippen LogP contribution < -0.4 is 15.6 Å². The highest BCUT2D eigenvalue weighted by molar-refractivity contribution is 6.34. The summed E-state index contributed by atoms with van der Waals surface area (Å²) in [5.41, 5.74) is 5.13. The third-order valence-corrected chi connectivity index (χ3v) is 5.32. The van der Waals surface area contributed by atoms with Gasteiger partial charge in [0.1, 0.15) is 5.70 Å². The summed E-state index contributed by atoms with van der Waals surface area (Å²) in [5, 5.41) is 6.89. The summed E-state index contributed by atoms with van der Waals surface area (Å²) in [6.45, 7) is 5.97. The molecular weight excluding hydrogens is 450 g/mol. The highest BCUT2D eigenvalue weighted by Gasteiger charge is 2.16. The zero-order chi connectivity index (χ0) is 24.3. The van der Waals surface area contributed by atoms with Crippen LogP contribution in [0.1, 0.15) is 35.5 Å². The van der Waals surface area contributed by atoms with Crippen LogP contribution in [-0.4, -0.2) is 36.1 Å². The van der Waals surface area contributed by atoms with Gasteiger partial charge in [-0.3, -0.25) is 14.6 Å². The van der Waals surface area contributed by atoms with E-state index in [4.69, 9.17) is 11.6 Å². The molecule has 0 aliphatic rings. The molecule has 2 N–H and O–H groups in total. The molecule has 0 radical (unpaired) electrons. The van der Waals surface area contributed by atoms with Crippen LogP contribution in [-0.2, 0) is 4.79 Å². The van der Waals surface area contributed by atoms with Crippen LogP contribution in [0, 0.1) is 0 Å². The fourth-order valence-electron chi connectivity index (χ4n) is 3.20. The average molecular weight is 476 g/mol. The van der Waals surface area contributed by atoms with Crippen molar-refractivity contribution in [2.45, 2.75) is 13.8 Å². The third-order valence-electron chi connectivity index (χ3n) is 4.99. The van der Waals surface area contributed by atoms with Crippen LogP contribution in [0.2, 0.25) is 5.02 Å². The summed E-state index contributed by atoms with van der Waals surface area (Å²) in [4.78, 5) is 32.0. The number of halogens is 1. The number of hydrogen-bond donors (Lipinski definition) is 2. The van der Waals surface area contributed by atoms with Crippen LogP contribution in [0.5, 0.6) is 0 Å². The number of rotatable bonds is 9. The second kappa shape index (κ2) is 12.3. The Morgan fingerprint density at radius 1 is 1.00 bits per heavy atom. The molecule has 0 aliphatic heterocycles. The lowest BCUT2D eigenvalue weighted by Crippen LogP contribution is -2.33. The SMILES string of the molecule is CCN(CC)c1ccc(/C=C(\NC(=O)c2ccccc2Cl)C(=O)NN=Cc2ccccn2)cc1. The van der Waals surface area contributed by atoms with Crippen LogP contribution in [0.15, 0.2) is 83.7 Å². The third kappa shape index (κ3) is 6.76. The van der Waals surface area contributed by atoms with Gasteiger partial charge in [-0.1, -0.05) is 41.9 Å². The summed E-state index contributed by atoms with van der Waals surface area (Å²) in [6, 6.07) is 19.7. The molecule has 0 bridgehead atoms. The molecule has 0 spiro atoms. The van der Waals surface area contributed by atoms with E-state index in [-0.39, 0.29) is 16.3 Å². The number of pyridine rings is 1. The van der Waals surface area contributed by atoms with Crippen molar-refractivity contribution in [3.63, 3.8) is 0 Å². The van der Waals surface area contributed by atoms with Gasteiger partial charge in [-0.15, -0.1) is 0 Å². The van der Waals surface area contributed by atoms with Crippen molar-refractivity contribution in [1.82, 2.24) is 15.7 Å². The molecule has 2 aromatic carbocycles. The number of nitrogens with zero attached hydrogens (tertiary/aromatic N) is 3. The average Bonchev–Trinajstić information content (AvgIpc) is 2.86. The second-order valence-electron chi connectivity index (χ2n) is 7.21. The lowest BCUT2D eigenvalue weighted by atomic mass is 10.1. The monoisotopic (exact) mass is 475 g/mol. The quantitative estimate of drug-likeness (QED) is 0.271. The fraction of sp³-hybridized carbons (Fsp3) is 0.154. The molecule has 0 atom stereocenters. The van der Waals surface area contributed by atoms with Crippen LogP contribution in [0.3, 0.4) is 0 Å². The maximum absolute atomic E-state index is 12.9. The van der Waals surface area contributed by atoms with Gasteiger partial charge in [0.05, 0.1) is 22.5 Å². The fourth-order valence-corrected chi connectivity index (χ4v) is 3.42. The zero-order valence-corrected chi connectivity index (χ0v) is 19.8. The molecule has 2 amide bonds. The van der Waals surface area contributed by atoms with E-state index in [0.717, 1.165) is 24.3 Å². The van der Waals surface area contributed by atoms with Crippen molar-refractivity contribution in [2.75, 3.05) is 18.0 Å². The van der Waals surface area contributed by atoms with Gasteiger partial charge >= 0.3 is 0 Å². The largest absolute Gasteiger partial charge is 0.372 e. The number of aromatic nitrogens is 1.